The first-order valence-electron chi connectivity index (χ1n) is 6.12. The van der Waals surface area contributed by atoms with E-state index in [0.29, 0.717) is 5.82 Å². The summed E-state index contributed by atoms with van der Waals surface area (Å²) in [6.07, 6.45) is 2.64. The van der Waals surface area contributed by atoms with Gasteiger partial charge < -0.3 is 16.2 Å². The molecule has 0 saturated carbocycles. The fourth-order valence-corrected chi connectivity index (χ4v) is 1.53. The summed E-state index contributed by atoms with van der Waals surface area (Å²) in [6.45, 7) is 6.07. The summed E-state index contributed by atoms with van der Waals surface area (Å²) in [6, 6.07) is 0.0116. The number of aromatic nitrogens is 2. The standard InChI is InChI=1S/C12H22N4O/c1-4-6-10-15-11(13)8(3)12(16-10)14-9(5-2)7-17/h9,17H,4-7H2,1-3H3,(H3,13,14,15,16). The fourth-order valence-electron chi connectivity index (χ4n) is 1.53. The molecule has 0 amide bonds. The summed E-state index contributed by atoms with van der Waals surface area (Å²) in [5.41, 5.74) is 6.70. The molecule has 0 bridgehead atoms. The number of hydrogen-bond acceptors (Lipinski definition) is 5. The highest BCUT2D eigenvalue weighted by Gasteiger charge is 2.11. The van der Waals surface area contributed by atoms with Crippen molar-refractivity contribution in [2.75, 3.05) is 17.7 Å². The van der Waals surface area contributed by atoms with Crippen molar-refractivity contribution in [3.05, 3.63) is 11.4 Å². The zero-order valence-electron chi connectivity index (χ0n) is 10.8. The minimum Gasteiger partial charge on any atom is -0.394 e. The van der Waals surface area contributed by atoms with Crippen LogP contribution in [0.3, 0.4) is 0 Å². The van der Waals surface area contributed by atoms with Crippen LogP contribution in [-0.4, -0.2) is 27.7 Å². The highest BCUT2D eigenvalue weighted by molar-refractivity contribution is 5.55. The Morgan fingerprint density at radius 3 is 2.59 bits per heavy atom. The van der Waals surface area contributed by atoms with E-state index in [1.165, 1.54) is 0 Å². The molecule has 4 N–H and O–H groups in total. The molecule has 1 aromatic rings. The molecule has 0 spiro atoms. The summed E-state index contributed by atoms with van der Waals surface area (Å²) in [5, 5.41) is 12.4. The minimum atomic E-state index is 0.0116. The Bertz CT molecular complexity index is 364. The molecular weight excluding hydrogens is 216 g/mol. The lowest BCUT2D eigenvalue weighted by atomic mass is 10.2. The van der Waals surface area contributed by atoms with E-state index in [-0.39, 0.29) is 12.6 Å². The van der Waals surface area contributed by atoms with Gasteiger partial charge in [-0.05, 0) is 19.8 Å². The van der Waals surface area contributed by atoms with Gasteiger partial charge in [-0.3, -0.25) is 0 Å². The molecule has 1 rings (SSSR count). The molecule has 5 heteroatoms. The van der Waals surface area contributed by atoms with Crippen LogP contribution < -0.4 is 11.1 Å². The quantitative estimate of drug-likeness (QED) is 0.699. The number of rotatable bonds is 6. The van der Waals surface area contributed by atoms with Gasteiger partial charge >= 0.3 is 0 Å². The third kappa shape index (κ3) is 3.56. The number of aliphatic hydroxyl groups excluding tert-OH is 1. The summed E-state index contributed by atoms with van der Waals surface area (Å²) in [4.78, 5) is 8.69. The predicted octanol–water partition coefficient (Wildman–Crippen LogP) is 1.50. The van der Waals surface area contributed by atoms with Gasteiger partial charge in [-0.1, -0.05) is 13.8 Å². The summed E-state index contributed by atoms with van der Waals surface area (Å²) in [5.74, 6) is 2.01. The number of nitrogens with zero attached hydrogens (tertiary/aromatic N) is 2. The average Bonchev–Trinajstić information content (AvgIpc) is 2.32. The SMILES string of the molecule is CCCc1nc(N)c(C)c(NC(CC)CO)n1. The molecule has 96 valence electrons. The van der Waals surface area contributed by atoms with Crippen molar-refractivity contribution < 1.29 is 5.11 Å². The van der Waals surface area contributed by atoms with Crippen molar-refractivity contribution in [1.82, 2.24) is 9.97 Å². The summed E-state index contributed by atoms with van der Waals surface area (Å²) in [7, 11) is 0. The Morgan fingerprint density at radius 1 is 1.35 bits per heavy atom. The first-order valence-corrected chi connectivity index (χ1v) is 6.12. The van der Waals surface area contributed by atoms with Gasteiger partial charge in [0.1, 0.15) is 17.5 Å². The number of hydrogen-bond donors (Lipinski definition) is 3. The van der Waals surface area contributed by atoms with Gasteiger partial charge in [0.15, 0.2) is 0 Å². The molecule has 1 atom stereocenters. The normalized spacial score (nSPS) is 12.5. The van der Waals surface area contributed by atoms with Crippen molar-refractivity contribution in [3.63, 3.8) is 0 Å². The Labute approximate surface area is 102 Å². The maximum atomic E-state index is 9.18. The van der Waals surface area contributed by atoms with Crippen molar-refractivity contribution in [2.24, 2.45) is 0 Å². The van der Waals surface area contributed by atoms with Gasteiger partial charge in [-0.2, -0.15) is 0 Å². The Balaban J connectivity index is 2.96. The van der Waals surface area contributed by atoms with Crippen LogP contribution in [0, 0.1) is 6.92 Å². The molecule has 0 saturated heterocycles. The van der Waals surface area contributed by atoms with Crippen LogP contribution in [0.1, 0.15) is 38.1 Å². The van der Waals surface area contributed by atoms with Crippen LogP contribution in [0.5, 0.6) is 0 Å². The van der Waals surface area contributed by atoms with Gasteiger partial charge in [-0.25, -0.2) is 9.97 Å². The maximum absolute atomic E-state index is 9.18. The number of anilines is 2. The molecule has 0 aliphatic carbocycles. The number of aryl methyl sites for hydroxylation is 1. The van der Waals surface area contributed by atoms with Crippen LogP contribution in [-0.2, 0) is 6.42 Å². The third-order valence-corrected chi connectivity index (χ3v) is 2.76. The van der Waals surface area contributed by atoms with Gasteiger partial charge in [-0.15, -0.1) is 0 Å². The second-order valence-electron chi connectivity index (χ2n) is 4.18. The Hall–Kier alpha value is -1.36. The van der Waals surface area contributed by atoms with Crippen LogP contribution in [0.2, 0.25) is 0 Å². The van der Waals surface area contributed by atoms with E-state index in [4.69, 9.17) is 5.73 Å². The Kier molecular flexibility index (Phi) is 5.15. The zero-order valence-corrected chi connectivity index (χ0v) is 10.8. The van der Waals surface area contributed by atoms with Gasteiger partial charge in [0.05, 0.1) is 12.6 Å². The van der Waals surface area contributed by atoms with Crippen molar-refractivity contribution in [1.29, 1.82) is 0 Å². The van der Waals surface area contributed by atoms with Crippen molar-refractivity contribution in [3.8, 4) is 0 Å². The predicted molar refractivity (Wildman–Crippen MR) is 70.0 cm³/mol. The monoisotopic (exact) mass is 238 g/mol. The first kappa shape index (κ1) is 13.7. The lowest BCUT2D eigenvalue weighted by Crippen LogP contribution is -2.24. The minimum absolute atomic E-state index is 0.0116. The van der Waals surface area contributed by atoms with Crippen LogP contribution >= 0.6 is 0 Å². The molecular formula is C12H22N4O. The molecule has 1 unspecified atom stereocenters. The number of aliphatic hydroxyl groups is 1. The third-order valence-electron chi connectivity index (χ3n) is 2.76. The zero-order chi connectivity index (χ0) is 12.8. The second kappa shape index (κ2) is 6.39. The van der Waals surface area contributed by atoms with E-state index in [9.17, 15) is 5.11 Å². The van der Waals surface area contributed by atoms with E-state index < -0.39 is 0 Å². The highest BCUT2D eigenvalue weighted by Crippen LogP contribution is 2.19. The lowest BCUT2D eigenvalue weighted by Gasteiger charge is -2.17. The fraction of sp³-hybridized carbons (Fsp3) is 0.667. The van der Waals surface area contributed by atoms with Crippen LogP contribution in [0.25, 0.3) is 0 Å². The Morgan fingerprint density at radius 2 is 2.06 bits per heavy atom. The van der Waals surface area contributed by atoms with E-state index >= 15 is 0 Å². The molecule has 5 nitrogen and oxygen atoms in total. The summed E-state index contributed by atoms with van der Waals surface area (Å²) < 4.78 is 0. The molecule has 17 heavy (non-hydrogen) atoms. The van der Waals surface area contributed by atoms with Crippen molar-refractivity contribution >= 4 is 11.6 Å². The van der Waals surface area contributed by atoms with Gasteiger partial charge in [0, 0.05) is 12.0 Å². The average molecular weight is 238 g/mol. The maximum Gasteiger partial charge on any atom is 0.135 e. The van der Waals surface area contributed by atoms with E-state index in [2.05, 4.69) is 22.2 Å². The van der Waals surface area contributed by atoms with Gasteiger partial charge in [0.2, 0.25) is 0 Å². The molecule has 1 aromatic heterocycles. The highest BCUT2D eigenvalue weighted by atomic mass is 16.3. The van der Waals surface area contributed by atoms with Crippen molar-refractivity contribution in [2.45, 2.75) is 46.1 Å². The van der Waals surface area contributed by atoms with Crippen LogP contribution in [0.15, 0.2) is 0 Å². The van der Waals surface area contributed by atoms with Gasteiger partial charge in [0.25, 0.3) is 0 Å². The summed E-state index contributed by atoms with van der Waals surface area (Å²) >= 11 is 0. The van der Waals surface area contributed by atoms with E-state index in [0.717, 1.165) is 36.5 Å². The molecule has 0 aliphatic rings. The number of nitrogens with two attached hydrogens (primary N) is 1. The molecule has 0 aromatic carbocycles. The lowest BCUT2D eigenvalue weighted by molar-refractivity contribution is 0.271. The smallest absolute Gasteiger partial charge is 0.135 e. The molecule has 1 heterocycles. The van der Waals surface area contributed by atoms with Crippen LogP contribution in [0.4, 0.5) is 11.6 Å². The number of nitrogens with one attached hydrogen (secondary N) is 1. The number of nitrogen functional groups attached to an aromatic ring is 1. The molecule has 0 aliphatic heterocycles. The first-order chi connectivity index (χ1) is 8.12. The largest absolute Gasteiger partial charge is 0.394 e. The van der Waals surface area contributed by atoms with E-state index in [1.807, 2.05) is 13.8 Å². The molecule has 0 radical (unpaired) electrons. The van der Waals surface area contributed by atoms with E-state index in [1.54, 1.807) is 0 Å². The molecule has 0 fully saturated rings. The topological polar surface area (TPSA) is 84.1 Å². The second-order valence-corrected chi connectivity index (χ2v) is 4.18.